The van der Waals surface area contributed by atoms with Gasteiger partial charge in [0.05, 0.1) is 5.69 Å². The Morgan fingerprint density at radius 1 is 1.40 bits per heavy atom. The average molecular weight is 206 g/mol. The molecule has 0 saturated heterocycles. The third-order valence-corrected chi connectivity index (χ3v) is 3.08. The maximum absolute atomic E-state index is 11.4. The third kappa shape index (κ3) is 2.11. The molecule has 1 heterocycles. The molecule has 2 rings (SSSR count). The van der Waals surface area contributed by atoms with Crippen molar-refractivity contribution in [3.05, 3.63) is 27.9 Å². The minimum absolute atomic E-state index is 0.0489. The smallest absolute Gasteiger partial charge is 0.310 e. The van der Waals surface area contributed by atoms with Crippen LogP contribution in [0, 0.1) is 0 Å². The molecule has 82 valence electrons. The van der Waals surface area contributed by atoms with Gasteiger partial charge in [-0.15, -0.1) is 0 Å². The van der Waals surface area contributed by atoms with E-state index in [1.54, 1.807) is 0 Å². The van der Waals surface area contributed by atoms with E-state index < -0.39 is 0 Å². The molecule has 3 heteroatoms. The van der Waals surface area contributed by atoms with Crippen LogP contribution in [0.15, 0.2) is 10.9 Å². The van der Waals surface area contributed by atoms with Crippen molar-refractivity contribution in [3.63, 3.8) is 0 Å². The minimum Gasteiger partial charge on any atom is -0.310 e. The van der Waals surface area contributed by atoms with Gasteiger partial charge in [0.2, 0.25) is 0 Å². The second-order valence-electron chi connectivity index (χ2n) is 5.40. The molecule has 0 radical (unpaired) electrons. The maximum Gasteiger partial charge on any atom is 0.345 e. The molecule has 1 N–H and O–H groups in total. The molecule has 1 fully saturated rings. The molecule has 0 aromatic carbocycles. The van der Waals surface area contributed by atoms with Gasteiger partial charge in [0.15, 0.2) is 0 Å². The summed E-state index contributed by atoms with van der Waals surface area (Å²) >= 11 is 0. The topological polar surface area (TPSA) is 45.8 Å². The number of hydrogen-bond donors (Lipinski definition) is 1. The highest BCUT2D eigenvalue weighted by Crippen LogP contribution is 2.35. The molecule has 0 bridgehead atoms. The van der Waals surface area contributed by atoms with Crippen LogP contribution in [0.2, 0.25) is 0 Å². The Hall–Kier alpha value is -1.12. The first kappa shape index (κ1) is 10.4. The Morgan fingerprint density at radius 2 is 2.07 bits per heavy atom. The number of aromatic amines is 1. The molecule has 1 saturated carbocycles. The van der Waals surface area contributed by atoms with E-state index in [-0.39, 0.29) is 11.1 Å². The van der Waals surface area contributed by atoms with Gasteiger partial charge >= 0.3 is 5.69 Å². The highest BCUT2D eigenvalue weighted by Gasteiger charge is 2.23. The van der Waals surface area contributed by atoms with Crippen LogP contribution in [0.3, 0.4) is 0 Å². The second-order valence-corrected chi connectivity index (χ2v) is 5.40. The van der Waals surface area contributed by atoms with Crippen LogP contribution in [-0.2, 0) is 5.41 Å². The Bertz CT molecular complexity index is 410. The van der Waals surface area contributed by atoms with Crippen molar-refractivity contribution < 1.29 is 0 Å². The van der Waals surface area contributed by atoms with E-state index in [0.717, 1.165) is 11.4 Å². The highest BCUT2D eigenvalue weighted by molar-refractivity contribution is 5.19. The monoisotopic (exact) mass is 206 g/mol. The highest BCUT2D eigenvalue weighted by atomic mass is 16.1. The SMILES string of the molecule is CC(C)(C)c1cc(C2CCC2)[nH]c(=O)n1. The van der Waals surface area contributed by atoms with E-state index in [2.05, 4.69) is 36.8 Å². The summed E-state index contributed by atoms with van der Waals surface area (Å²) in [7, 11) is 0. The predicted molar refractivity (Wildman–Crippen MR) is 60.1 cm³/mol. The van der Waals surface area contributed by atoms with Crippen molar-refractivity contribution in [2.24, 2.45) is 0 Å². The van der Waals surface area contributed by atoms with Crippen LogP contribution in [0.1, 0.15) is 57.3 Å². The van der Waals surface area contributed by atoms with Crippen LogP contribution in [0.25, 0.3) is 0 Å². The zero-order chi connectivity index (χ0) is 11.1. The lowest BCUT2D eigenvalue weighted by atomic mass is 9.81. The molecule has 1 aromatic rings. The molecule has 0 aliphatic heterocycles. The summed E-state index contributed by atoms with van der Waals surface area (Å²) in [6, 6.07) is 2.06. The Kier molecular flexibility index (Phi) is 2.41. The normalized spacial score (nSPS) is 17.5. The molecule has 3 nitrogen and oxygen atoms in total. The fraction of sp³-hybridized carbons (Fsp3) is 0.667. The molecule has 1 aliphatic carbocycles. The van der Waals surface area contributed by atoms with E-state index in [0.29, 0.717) is 5.92 Å². The molecule has 0 unspecified atom stereocenters. The van der Waals surface area contributed by atoms with Crippen molar-refractivity contribution in [1.82, 2.24) is 9.97 Å². The van der Waals surface area contributed by atoms with Gasteiger partial charge < -0.3 is 4.98 Å². The van der Waals surface area contributed by atoms with Crippen molar-refractivity contribution >= 4 is 0 Å². The van der Waals surface area contributed by atoms with E-state index in [4.69, 9.17) is 0 Å². The first-order valence-corrected chi connectivity index (χ1v) is 5.58. The lowest BCUT2D eigenvalue weighted by Crippen LogP contribution is -2.25. The fourth-order valence-corrected chi connectivity index (χ4v) is 1.80. The number of aromatic nitrogens is 2. The molecule has 0 atom stereocenters. The zero-order valence-electron chi connectivity index (χ0n) is 9.63. The Labute approximate surface area is 89.9 Å². The molecule has 1 aromatic heterocycles. The van der Waals surface area contributed by atoms with Crippen molar-refractivity contribution in [2.45, 2.75) is 51.4 Å². The number of nitrogens with one attached hydrogen (secondary N) is 1. The summed E-state index contributed by atoms with van der Waals surface area (Å²) in [5.74, 6) is 0.557. The minimum atomic E-state index is -0.204. The maximum atomic E-state index is 11.4. The van der Waals surface area contributed by atoms with Gasteiger partial charge in [-0.1, -0.05) is 27.2 Å². The molecule has 1 aliphatic rings. The summed E-state index contributed by atoms with van der Waals surface area (Å²) in [6.45, 7) is 6.25. The predicted octanol–water partition coefficient (Wildman–Crippen LogP) is 2.33. The van der Waals surface area contributed by atoms with Gasteiger partial charge in [0.1, 0.15) is 0 Å². The second kappa shape index (κ2) is 3.47. The quantitative estimate of drug-likeness (QED) is 0.766. The van der Waals surface area contributed by atoms with Crippen molar-refractivity contribution in [1.29, 1.82) is 0 Å². The fourth-order valence-electron chi connectivity index (χ4n) is 1.80. The summed E-state index contributed by atoms with van der Waals surface area (Å²) in [4.78, 5) is 18.3. The van der Waals surface area contributed by atoms with Crippen molar-refractivity contribution in [2.75, 3.05) is 0 Å². The zero-order valence-corrected chi connectivity index (χ0v) is 9.63. The van der Waals surface area contributed by atoms with E-state index in [1.807, 2.05) is 0 Å². The van der Waals surface area contributed by atoms with Crippen molar-refractivity contribution in [3.8, 4) is 0 Å². The number of rotatable bonds is 1. The Morgan fingerprint density at radius 3 is 2.53 bits per heavy atom. The number of hydrogen-bond acceptors (Lipinski definition) is 2. The first-order valence-electron chi connectivity index (χ1n) is 5.58. The molecular formula is C12H18N2O. The lowest BCUT2D eigenvalue weighted by Gasteiger charge is -2.26. The molecular weight excluding hydrogens is 188 g/mol. The largest absolute Gasteiger partial charge is 0.345 e. The van der Waals surface area contributed by atoms with Gasteiger partial charge in [0, 0.05) is 11.1 Å². The first-order chi connectivity index (χ1) is 6.97. The molecule has 15 heavy (non-hydrogen) atoms. The third-order valence-electron chi connectivity index (χ3n) is 3.08. The summed E-state index contributed by atoms with van der Waals surface area (Å²) in [5.41, 5.74) is 1.72. The van der Waals surface area contributed by atoms with Gasteiger partial charge in [-0.2, -0.15) is 4.98 Å². The van der Waals surface area contributed by atoms with Crippen LogP contribution in [-0.4, -0.2) is 9.97 Å². The standard InChI is InChI=1S/C12H18N2O/c1-12(2,3)10-7-9(8-5-4-6-8)13-11(15)14-10/h7-8H,4-6H2,1-3H3,(H,13,14,15). The number of nitrogens with zero attached hydrogens (tertiary/aromatic N) is 1. The van der Waals surface area contributed by atoms with Crippen LogP contribution >= 0.6 is 0 Å². The van der Waals surface area contributed by atoms with Gasteiger partial charge in [-0.3, -0.25) is 0 Å². The Balaban J connectivity index is 2.40. The summed E-state index contributed by atoms with van der Waals surface area (Å²) < 4.78 is 0. The van der Waals surface area contributed by atoms with E-state index in [1.165, 1.54) is 19.3 Å². The summed E-state index contributed by atoms with van der Waals surface area (Å²) in [6.07, 6.45) is 3.67. The van der Waals surface area contributed by atoms with E-state index in [9.17, 15) is 4.79 Å². The lowest BCUT2D eigenvalue weighted by molar-refractivity contribution is 0.407. The molecule has 0 spiro atoms. The average Bonchev–Trinajstić information content (AvgIpc) is 1.97. The molecule has 0 amide bonds. The van der Waals surface area contributed by atoms with Gasteiger partial charge in [-0.25, -0.2) is 4.79 Å². The van der Waals surface area contributed by atoms with Gasteiger partial charge in [-0.05, 0) is 24.8 Å². The van der Waals surface area contributed by atoms with Crippen LogP contribution in [0.4, 0.5) is 0 Å². The number of H-pyrrole nitrogens is 1. The van der Waals surface area contributed by atoms with Crippen LogP contribution in [0.5, 0.6) is 0 Å². The van der Waals surface area contributed by atoms with Gasteiger partial charge in [0.25, 0.3) is 0 Å². The van der Waals surface area contributed by atoms with E-state index >= 15 is 0 Å². The van der Waals surface area contributed by atoms with Crippen LogP contribution < -0.4 is 5.69 Å². The summed E-state index contributed by atoms with van der Waals surface area (Å²) in [5, 5.41) is 0.